The number of alkyl halides is 3. The van der Waals surface area contributed by atoms with Crippen molar-refractivity contribution < 1.29 is 22.4 Å². The number of carbonyl (C=O) groups excluding carboxylic acids is 1. The molecule has 0 bridgehead atoms. The van der Waals surface area contributed by atoms with Crippen LogP contribution >= 0.6 is 11.6 Å². The highest BCUT2D eigenvalue weighted by Gasteiger charge is 2.36. The van der Waals surface area contributed by atoms with Gasteiger partial charge in [0.15, 0.2) is 5.82 Å². The lowest BCUT2D eigenvalue weighted by molar-refractivity contribution is -0.141. The van der Waals surface area contributed by atoms with E-state index in [0.29, 0.717) is 38.5 Å². The van der Waals surface area contributed by atoms with Crippen LogP contribution in [0.15, 0.2) is 54.7 Å². The highest BCUT2D eigenvalue weighted by Crippen LogP contribution is 2.37. The van der Waals surface area contributed by atoms with E-state index in [1.807, 2.05) is 43.3 Å². The van der Waals surface area contributed by atoms with Crippen LogP contribution in [0.25, 0.3) is 6.08 Å². The van der Waals surface area contributed by atoms with E-state index in [-0.39, 0.29) is 22.1 Å². The number of hydrogen-bond acceptors (Lipinski definition) is 4. The standard InChI is InChI=1S/C27H25ClF4N4O/c1-17-4-6-18(7-5-17)3-2-12-36-13-9-19(10-14-36)24-25(21(29)16-22(34-24)27(30,31)32)35-26(37)20-8-11-33-23(28)15-20/h2-8,11,15-16,19H,9-10,12-14H2,1H3,(H,35,37)/b3-2+. The zero-order valence-corrected chi connectivity index (χ0v) is 20.8. The van der Waals surface area contributed by atoms with Crippen molar-refractivity contribution in [1.82, 2.24) is 14.9 Å². The minimum Gasteiger partial charge on any atom is -0.318 e. The fraction of sp³-hybridized carbons (Fsp3) is 0.296. The zero-order valence-electron chi connectivity index (χ0n) is 20.0. The molecule has 0 saturated carbocycles. The second kappa shape index (κ2) is 11.4. The maximum absolute atomic E-state index is 15.0. The van der Waals surface area contributed by atoms with Gasteiger partial charge >= 0.3 is 6.18 Å². The number of pyridine rings is 2. The molecule has 1 fully saturated rings. The second-order valence-corrected chi connectivity index (χ2v) is 9.34. The van der Waals surface area contributed by atoms with Crippen LogP contribution in [0, 0.1) is 12.7 Å². The third-order valence-electron chi connectivity index (χ3n) is 6.24. The van der Waals surface area contributed by atoms with Gasteiger partial charge in [-0.05, 0) is 50.6 Å². The number of halogens is 5. The summed E-state index contributed by atoms with van der Waals surface area (Å²) in [5, 5.41) is 2.47. The average molecular weight is 533 g/mol. The number of aryl methyl sites for hydroxylation is 1. The van der Waals surface area contributed by atoms with E-state index in [2.05, 4.69) is 20.2 Å². The Kier molecular flexibility index (Phi) is 8.24. The molecule has 2 aromatic heterocycles. The van der Waals surface area contributed by atoms with Crippen molar-refractivity contribution in [2.45, 2.75) is 31.9 Å². The lowest BCUT2D eigenvalue weighted by Gasteiger charge is -2.32. The number of amides is 1. The number of benzene rings is 1. The third-order valence-corrected chi connectivity index (χ3v) is 6.45. The SMILES string of the molecule is Cc1ccc(/C=C/CN2CCC(c3nc(C(F)(F)F)cc(F)c3NC(=O)c3ccnc(Cl)c3)CC2)cc1. The van der Waals surface area contributed by atoms with Crippen LogP contribution in [0.1, 0.15) is 51.6 Å². The number of nitrogens with one attached hydrogen (secondary N) is 1. The molecule has 1 aliphatic rings. The normalized spacial score (nSPS) is 15.3. The monoisotopic (exact) mass is 532 g/mol. The van der Waals surface area contributed by atoms with E-state index in [1.165, 1.54) is 23.9 Å². The quantitative estimate of drug-likeness (QED) is 0.282. The van der Waals surface area contributed by atoms with Crippen LogP contribution < -0.4 is 5.32 Å². The van der Waals surface area contributed by atoms with Gasteiger partial charge in [0.1, 0.15) is 10.8 Å². The van der Waals surface area contributed by atoms with E-state index in [4.69, 9.17) is 11.6 Å². The van der Waals surface area contributed by atoms with Crippen molar-refractivity contribution in [1.29, 1.82) is 0 Å². The summed E-state index contributed by atoms with van der Waals surface area (Å²) in [4.78, 5) is 22.4. The van der Waals surface area contributed by atoms with Crippen molar-refractivity contribution in [3.8, 4) is 0 Å². The van der Waals surface area contributed by atoms with Gasteiger partial charge < -0.3 is 5.32 Å². The molecule has 5 nitrogen and oxygen atoms in total. The first-order valence-electron chi connectivity index (χ1n) is 11.8. The first kappa shape index (κ1) is 26.8. The summed E-state index contributed by atoms with van der Waals surface area (Å²) < 4.78 is 55.3. The Hall–Kier alpha value is -3.30. The molecule has 0 unspecified atom stereocenters. The molecule has 3 aromatic rings. The van der Waals surface area contributed by atoms with Gasteiger partial charge in [-0.25, -0.2) is 14.4 Å². The largest absolute Gasteiger partial charge is 0.433 e. The summed E-state index contributed by atoms with van der Waals surface area (Å²) in [5.74, 6) is -2.36. The Morgan fingerprint density at radius 1 is 1.16 bits per heavy atom. The predicted molar refractivity (Wildman–Crippen MR) is 135 cm³/mol. The molecule has 1 aromatic carbocycles. The molecule has 0 radical (unpaired) electrons. The molecule has 0 atom stereocenters. The molecule has 1 N–H and O–H groups in total. The highest BCUT2D eigenvalue weighted by molar-refractivity contribution is 6.29. The van der Waals surface area contributed by atoms with Crippen LogP contribution in [0.4, 0.5) is 23.2 Å². The van der Waals surface area contributed by atoms with E-state index in [0.717, 1.165) is 5.56 Å². The molecule has 3 heterocycles. The van der Waals surface area contributed by atoms with Gasteiger partial charge in [0.05, 0.1) is 11.4 Å². The summed E-state index contributed by atoms with van der Waals surface area (Å²) in [6.45, 7) is 3.89. The summed E-state index contributed by atoms with van der Waals surface area (Å²) in [6, 6.07) is 11.1. The van der Waals surface area contributed by atoms with E-state index in [1.54, 1.807) is 0 Å². The van der Waals surface area contributed by atoms with Crippen molar-refractivity contribution >= 4 is 29.3 Å². The van der Waals surface area contributed by atoms with Gasteiger partial charge in [0.25, 0.3) is 5.91 Å². The molecule has 4 rings (SSSR count). The fourth-order valence-electron chi connectivity index (χ4n) is 4.23. The summed E-state index contributed by atoms with van der Waals surface area (Å²) in [5.41, 5.74) is 0.590. The molecule has 37 heavy (non-hydrogen) atoms. The smallest absolute Gasteiger partial charge is 0.318 e. The van der Waals surface area contributed by atoms with Gasteiger partial charge in [-0.15, -0.1) is 0 Å². The number of hydrogen-bond donors (Lipinski definition) is 1. The molecule has 1 amide bonds. The maximum Gasteiger partial charge on any atom is 0.433 e. The summed E-state index contributed by atoms with van der Waals surface area (Å²) >= 11 is 5.83. The molecular weight excluding hydrogens is 508 g/mol. The fourth-order valence-corrected chi connectivity index (χ4v) is 4.40. The molecular formula is C27H25ClF4N4O. The number of rotatable bonds is 6. The predicted octanol–water partition coefficient (Wildman–Crippen LogP) is 6.74. The van der Waals surface area contributed by atoms with Gasteiger partial charge in [-0.3, -0.25) is 9.69 Å². The minimum absolute atomic E-state index is 0.0580. The zero-order chi connectivity index (χ0) is 26.6. The van der Waals surface area contributed by atoms with E-state index in [9.17, 15) is 22.4 Å². The second-order valence-electron chi connectivity index (χ2n) is 8.96. The van der Waals surface area contributed by atoms with Gasteiger partial charge in [-0.2, -0.15) is 13.2 Å². The molecule has 0 aliphatic carbocycles. The molecule has 1 saturated heterocycles. The van der Waals surface area contributed by atoms with Crippen molar-refractivity contribution in [2.75, 3.05) is 25.0 Å². The molecule has 1 aliphatic heterocycles. The van der Waals surface area contributed by atoms with E-state index >= 15 is 0 Å². The van der Waals surface area contributed by atoms with Crippen LogP contribution in [-0.4, -0.2) is 40.4 Å². The number of piperidine rings is 1. The van der Waals surface area contributed by atoms with Crippen molar-refractivity contribution in [3.05, 3.63) is 93.8 Å². The summed E-state index contributed by atoms with van der Waals surface area (Å²) in [6.07, 6.45) is 1.49. The first-order valence-corrected chi connectivity index (χ1v) is 12.1. The molecule has 10 heteroatoms. The van der Waals surface area contributed by atoms with Gasteiger partial charge in [0, 0.05) is 30.3 Å². The highest BCUT2D eigenvalue weighted by atomic mass is 35.5. The van der Waals surface area contributed by atoms with Crippen LogP contribution in [0.3, 0.4) is 0 Å². The Morgan fingerprint density at radius 3 is 2.51 bits per heavy atom. The lowest BCUT2D eigenvalue weighted by Crippen LogP contribution is -2.34. The van der Waals surface area contributed by atoms with Gasteiger partial charge in [-0.1, -0.05) is 53.6 Å². The van der Waals surface area contributed by atoms with E-state index < -0.39 is 29.5 Å². The van der Waals surface area contributed by atoms with Crippen LogP contribution in [0.5, 0.6) is 0 Å². The maximum atomic E-state index is 15.0. The Bertz CT molecular complexity index is 1290. The summed E-state index contributed by atoms with van der Waals surface area (Å²) in [7, 11) is 0. The topological polar surface area (TPSA) is 58.1 Å². The number of carbonyl (C=O) groups is 1. The van der Waals surface area contributed by atoms with Crippen molar-refractivity contribution in [2.24, 2.45) is 0 Å². The lowest BCUT2D eigenvalue weighted by atomic mass is 9.91. The number of aromatic nitrogens is 2. The number of likely N-dealkylation sites (tertiary alicyclic amines) is 1. The Labute approximate surface area is 217 Å². The number of nitrogens with zero attached hydrogens (tertiary/aromatic N) is 3. The minimum atomic E-state index is -4.82. The van der Waals surface area contributed by atoms with Crippen LogP contribution in [-0.2, 0) is 6.18 Å². The van der Waals surface area contributed by atoms with Crippen molar-refractivity contribution in [3.63, 3.8) is 0 Å². The van der Waals surface area contributed by atoms with Gasteiger partial charge in [0.2, 0.25) is 0 Å². The Balaban J connectivity index is 1.50. The molecule has 0 spiro atoms. The Morgan fingerprint density at radius 2 is 1.86 bits per heavy atom. The van der Waals surface area contributed by atoms with Crippen LogP contribution in [0.2, 0.25) is 5.15 Å². The third kappa shape index (κ3) is 6.93. The first-order chi connectivity index (χ1) is 17.6. The number of anilines is 1. The molecule has 194 valence electrons. The average Bonchev–Trinajstić information content (AvgIpc) is 2.86.